The zero-order chi connectivity index (χ0) is 89.5. The number of hydrogen-bond acceptors (Lipinski definition) is 2. The van der Waals surface area contributed by atoms with E-state index in [2.05, 4.69) is 474 Å². The second-order valence-corrected chi connectivity index (χ2v) is 42.4. The number of rotatable bonds is 10. The molecule has 130 heavy (non-hydrogen) atoms. The lowest BCUT2D eigenvalue weighted by atomic mass is 9.79. The highest BCUT2D eigenvalue weighted by Crippen LogP contribution is 2.59. The van der Waals surface area contributed by atoms with E-state index in [1.54, 1.807) is 0 Å². The SMILES string of the molecule is CC(C)(C)c1cc2ccc3ccc(-c4ccc5c(c4)C(C)(C)c4cc(-c6ccc7ccc8cc(C(C)(C)C)cc9ccc6c7c89)ccc4-5)c4ccc(c1)c2c34.Cc1ccc(N(c2ccc(C)cc2)c2ccc3c(c2)C(C)(C)c2cc(-c4ccc5c(c4)C(C)(C)c4cc(-c6ccc7c(c6)C(C)(C)c6cc(N(c8ccc(C)cc8)c8ccc(C)cc8)ccc6-7)ccc4-5)ccc2-3)cc1. The summed E-state index contributed by atoms with van der Waals surface area (Å²) in [5.74, 6) is 0. The van der Waals surface area contributed by atoms with Gasteiger partial charge in [-0.2, -0.15) is 0 Å². The Morgan fingerprint density at radius 3 is 0.638 bits per heavy atom. The molecule has 0 saturated heterocycles. The van der Waals surface area contributed by atoms with Crippen LogP contribution in [0.2, 0.25) is 0 Å². The summed E-state index contributed by atoms with van der Waals surface area (Å²) in [6, 6.07) is 131. The average molecular weight is 1680 g/mol. The standard InChI is InChI=1S/C73H64N2.C55H46/c1-45-11-23-53(24-12-45)74(54-25-13-46(2)14-26-54)57-31-37-63-61-35-21-51(41-67(61)72(7,8)69(63)43-57)49-19-33-59-60-34-20-50(40-66(60)71(5,6)65(59)39-49)52-22-36-62-64-38-32-58(44-70(64)73(9,10)68(62)42-52)75(55-27-15-47(3)16-28-55)56-29-17-48(4)18-30-56;1-53(2,3)39-25-35-11-9-31-13-19-41(45-23-17-37(27-39)49(35)51(31)45)33-15-21-43-44-22-16-34(30-48(44)55(7,8)47(43)29-33)42-20-14-32-10-12-36-26-40(54(4,5)6)28-38-18-24-46(42)52(32)50(36)38/h11-44H,1-10H3;9-30H,1-8H3. The summed E-state index contributed by atoms with van der Waals surface area (Å²) in [5, 5.41) is 16.1. The Bertz CT molecular complexity index is 7500. The molecule has 0 unspecified atom stereocenters. The predicted octanol–water partition coefficient (Wildman–Crippen LogP) is 35.8. The molecule has 20 aromatic carbocycles. The fourth-order valence-corrected chi connectivity index (χ4v) is 22.9. The summed E-state index contributed by atoms with van der Waals surface area (Å²) >= 11 is 0. The monoisotopic (exact) mass is 1670 g/mol. The molecule has 0 fully saturated rings. The Hall–Kier alpha value is -13.9. The summed E-state index contributed by atoms with van der Waals surface area (Å²) in [7, 11) is 0. The first-order chi connectivity index (χ1) is 62.3. The van der Waals surface area contributed by atoms with E-state index in [-0.39, 0.29) is 32.5 Å². The normalized spacial score (nSPS) is 14.5. The molecule has 0 spiro atoms. The van der Waals surface area contributed by atoms with Gasteiger partial charge in [-0.3, -0.25) is 0 Å². The zero-order valence-corrected chi connectivity index (χ0v) is 78.2. The summed E-state index contributed by atoms with van der Waals surface area (Å²) in [6.45, 7) is 41.7. The number of benzene rings is 20. The van der Waals surface area contributed by atoms with E-state index in [9.17, 15) is 0 Å². The van der Waals surface area contributed by atoms with Gasteiger partial charge in [-0.1, -0.05) is 350 Å². The Balaban J connectivity index is 0.000000155. The van der Waals surface area contributed by atoms with Gasteiger partial charge in [0.2, 0.25) is 0 Å². The summed E-state index contributed by atoms with van der Waals surface area (Å²) in [4.78, 5) is 4.79. The fourth-order valence-electron chi connectivity index (χ4n) is 22.9. The van der Waals surface area contributed by atoms with Crippen molar-refractivity contribution in [2.75, 3.05) is 9.80 Å². The Labute approximate surface area is 766 Å². The van der Waals surface area contributed by atoms with Gasteiger partial charge in [0.05, 0.1) is 0 Å². The average Bonchev–Trinajstić information content (AvgIpc) is 1.72. The number of nitrogens with zero attached hydrogens (tertiary/aromatic N) is 2. The summed E-state index contributed by atoms with van der Waals surface area (Å²) in [6.07, 6.45) is 0. The van der Waals surface area contributed by atoms with Gasteiger partial charge >= 0.3 is 0 Å². The number of aryl methyl sites for hydroxylation is 4. The van der Waals surface area contributed by atoms with Crippen LogP contribution in [0.25, 0.3) is 154 Å². The second kappa shape index (κ2) is 28.8. The lowest BCUT2D eigenvalue weighted by Crippen LogP contribution is -2.17. The number of anilines is 6. The molecule has 20 aromatic rings. The van der Waals surface area contributed by atoms with Crippen LogP contribution < -0.4 is 9.80 Å². The molecule has 0 N–H and O–H groups in total. The third-order valence-electron chi connectivity index (χ3n) is 30.6. The molecule has 2 nitrogen and oxygen atoms in total. The van der Waals surface area contributed by atoms with Crippen molar-refractivity contribution in [1.29, 1.82) is 0 Å². The quantitative estimate of drug-likeness (QED) is 0.126. The van der Waals surface area contributed by atoms with Crippen molar-refractivity contribution in [3.05, 3.63) is 418 Å². The van der Waals surface area contributed by atoms with Crippen molar-refractivity contribution in [3.63, 3.8) is 0 Å². The minimum Gasteiger partial charge on any atom is -0.310 e. The van der Waals surface area contributed by atoms with Crippen molar-refractivity contribution in [1.82, 2.24) is 0 Å². The number of hydrogen-bond donors (Lipinski definition) is 0. The van der Waals surface area contributed by atoms with Crippen molar-refractivity contribution in [2.24, 2.45) is 0 Å². The summed E-state index contributed by atoms with van der Waals surface area (Å²) < 4.78 is 0. The highest BCUT2D eigenvalue weighted by molar-refractivity contribution is 6.27. The van der Waals surface area contributed by atoms with Crippen LogP contribution >= 0.6 is 0 Å². The second-order valence-electron chi connectivity index (χ2n) is 42.4. The van der Waals surface area contributed by atoms with E-state index in [4.69, 9.17) is 0 Å². The maximum Gasteiger partial charge on any atom is 0.0465 e. The smallest absolute Gasteiger partial charge is 0.0465 e. The van der Waals surface area contributed by atoms with Gasteiger partial charge in [0.15, 0.2) is 0 Å². The molecule has 0 atom stereocenters. The highest BCUT2D eigenvalue weighted by atomic mass is 15.1. The van der Waals surface area contributed by atoms with E-state index in [1.807, 2.05) is 0 Å². The van der Waals surface area contributed by atoms with E-state index in [1.165, 1.54) is 243 Å². The third kappa shape index (κ3) is 12.6. The van der Waals surface area contributed by atoms with Crippen LogP contribution in [0.5, 0.6) is 0 Å². The fraction of sp³-hybridized carbons (Fsp3) is 0.188. The van der Waals surface area contributed by atoms with Gasteiger partial charge in [0, 0.05) is 55.8 Å². The Morgan fingerprint density at radius 2 is 0.377 bits per heavy atom. The largest absolute Gasteiger partial charge is 0.310 e. The van der Waals surface area contributed by atoms with Crippen LogP contribution in [-0.4, -0.2) is 0 Å². The molecule has 0 aliphatic heterocycles. The van der Waals surface area contributed by atoms with Crippen LogP contribution in [0.4, 0.5) is 34.1 Å². The van der Waals surface area contributed by atoms with Crippen molar-refractivity contribution in [2.45, 2.75) is 157 Å². The van der Waals surface area contributed by atoms with Crippen molar-refractivity contribution in [3.8, 4) is 89.0 Å². The third-order valence-corrected chi connectivity index (χ3v) is 30.6. The first-order valence-corrected chi connectivity index (χ1v) is 46.8. The van der Waals surface area contributed by atoms with Gasteiger partial charge in [0.25, 0.3) is 0 Å². The first-order valence-electron chi connectivity index (χ1n) is 46.8. The molecule has 2 heteroatoms. The highest BCUT2D eigenvalue weighted by Gasteiger charge is 2.42. The molecule has 4 aliphatic carbocycles. The molecule has 4 aliphatic rings. The lowest BCUT2D eigenvalue weighted by Gasteiger charge is -2.28. The molecule has 0 aromatic heterocycles. The van der Waals surface area contributed by atoms with Crippen LogP contribution in [0.1, 0.15) is 175 Å². The first kappa shape index (κ1) is 80.6. The molecular formula is C128H110N2. The molecule has 0 radical (unpaired) electrons. The van der Waals surface area contributed by atoms with E-state index in [0.717, 1.165) is 22.7 Å². The Kier molecular flexibility index (Phi) is 17.9. The molecule has 0 saturated carbocycles. The van der Waals surface area contributed by atoms with Crippen LogP contribution in [0.15, 0.2) is 340 Å². The molecule has 0 bridgehead atoms. The predicted molar refractivity (Wildman–Crippen MR) is 558 cm³/mol. The van der Waals surface area contributed by atoms with Crippen LogP contribution in [-0.2, 0) is 32.5 Å². The van der Waals surface area contributed by atoms with E-state index in [0.29, 0.717) is 0 Å². The van der Waals surface area contributed by atoms with Crippen LogP contribution in [0, 0.1) is 27.7 Å². The van der Waals surface area contributed by atoms with Gasteiger partial charge in [-0.25, -0.2) is 0 Å². The molecular weight excluding hydrogens is 1570 g/mol. The van der Waals surface area contributed by atoms with Gasteiger partial charge < -0.3 is 9.80 Å². The van der Waals surface area contributed by atoms with E-state index < -0.39 is 0 Å². The topological polar surface area (TPSA) is 6.48 Å². The zero-order valence-electron chi connectivity index (χ0n) is 78.2. The molecule has 0 amide bonds. The van der Waals surface area contributed by atoms with Gasteiger partial charge in [-0.15, -0.1) is 0 Å². The molecule has 0 heterocycles. The van der Waals surface area contributed by atoms with Crippen molar-refractivity contribution >= 4 is 98.8 Å². The molecule has 632 valence electrons. The van der Waals surface area contributed by atoms with Gasteiger partial charge in [0.1, 0.15) is 0 Å². The maximum atomic E-state index is 2.49. The number of fused-ring (bicyclic) bond motifs is 12. The minimum atomic E-state index is -0.186. The van der Waals surface area contributed by atoms with Gasteiger partial charge in [-0.05, 0) is 357 Å². The molecule has 24 rings (SSSR count). The van der Waals surface area contributed by atoms with E-state index >= 15 is 0 Å². The maximum absolute atomic E-state index is 2.49. The Morgan fingerprint density at radius 1 is 0.177 bits per heavy atom. The lowest BCUT2D eigenvalue weighted by molar-refractivity contribution is 0.591. The minimum absolute atomic E-state index is 0.101. The van der Waals surface area contributed by atoms with Crippen LogP contribution in [0.3, 0.4) is 0 Å². The van der Waals surface area contributed by atoms with Crippen molar-refractivity contribution < 1.29 is 0 Å². The summed E-state index contributed by atoms with van der Waals surface area (Å²) in [5.41, 5.74) is 46.3.